The second-order valence-electron chi connectivity index (χ2n) is 4.43. The van der Waals surface area contributed by atoms with E-state index in [1.54, 1.807) is 4.68 Å². The number of nitrogens with one attached hydrogen (secondary N) is 1. The molecule has 0 aliphatic rings. The summed E-state index contributed by atoms with van der Waals surface area (Å²) in [6.45, 7) is 4.86. The normalized spacial score (nSPS) is 10.7. The molecule has 1 N–H and O–H groups in total. The van der Waals surface area contributed by atoms with Gasteiger partial charge in [-0.05, 0) is 17.7 Å². The Balaban J connectivity index is 2.37. The highest BCUT2D eigenvalue weighted by atomic mass is 35.5. The van der Waals surface area contributed by atoms with Crippen LogP contribution in [0.1, 0.15) is 25.2 Å². The van der Waals surface area contributed by atoms with E-state index in [1.807, 2.05) is 24.3 Å². The first-order chi connectivity index (χ1) is 9.10. The van der Waals surface area contributed by atoms with E-state index in [9.17, 15) is 0 Å². The molecule has 5 nitrogen and oxygen atoms in total. The van der Waals surface area contributed by atoms with Crippen LogP contribution in [-0.2, 0) is 6.54 Å². The minimum Gasteiger partial charge on any atom is -0.310 e. The van der Waals surface area contributed by atoms with Crippen molar-refractivity contribution in [3.8, 4) is 11.8 Å². The van der Waals surface area contributed by atoms with Crippen LogP contribution in [0, 0.1) is 11.3 Å². The maximum atomic E-state index is 8.77. The molecule has 0 fully saturated rings. The molecule has 1 aromatic carbocycles. The molecule has 0 amide bonds. The van der Waals surface area contributed by atoms with Gasteiger partial charge in [-0.3, -0.25) is 0 Å². The molecule has 0 atom stereocenters. The van der Waals surface area contributed by atoms with E-state index in [1.165, 1.54) is 6.33 Å². The lowest BCUT2D eigenvalue weighted by atomic mass is 10.1. The molecule has 0 saturated carbocycles. The molecule has 0 saturated heterocycles. The fourth-order valence-electron chi connectivity index (χ4n) is 1.64. The quantitative estimate of drug-likeness (QED) is 0.930. The van der Waals surface area contributed by atoms with Crippen LogP contribution in [-0.4, -0.2) is 20.8 Å². The maximum Gasteiger partial charge on any atom is 0.252 e. The molecule has 2 aromatic rings. The van der Waals surface area contributed by atoms with Crippen LogP contribution in [0.15, 0.2) is 24.5 Å². The van der Waals surface area contributed by atoms with Crippen LogP contribution in [0.4, 0.5) is 0 Å². The number of aromatic nitrogens is 3. The van der Waals surface area contributed by atoms with Crippen LogP contribution in [0.2, 0.25) is 5.02 Å². The summed E-state index contributed by atoms with van der Waals surface area (Å²) >= 11 is 6.02. The molecule has 0 bridgehead atoms. The Morgan fingerprint density at radius 1 is 1.47 bits per heavy atom. The molecule has 98 valence electrons. The van der Waals surface area contributed by atoms with Crippen molar-refractivity contribution in [2.24, 2.45) is 0 Å². The molecule has 2 rings (SSSR count). The van der Waals surface area contributed by atoms with Gasteiger partial charge in [-0.1, -0.05) is 31.5 Å². The van der Waals surface area contributed by atoms with Crippen molar-refractivity contribution in [1.82, 2.24) is 20.1 Å². The summed E-state index contributed by atoms with van der Waals surface area (Å²) in [4.78, 5) is 3.90. The highest BCUT2D eigenvalue weighted by Gasteiger charge is 2.09. The fourth-order valence-corrected chi connectivity index (χ4v) is 1.81. The summed E-state index contributed by atoms with van der Waals surface area (Å²) in [6, 6.07) is 7.89. The average Bonchev–Trinajstić information content (AvgIpc) is 2.85. The zero-order valence-corrected chi connectivity index (χ0v) is 11.5. The first-order valence-electron chi connectivity index (χ1n) is 5.94. The summed E-state index contributed by atoms with van der Waals surface area (Å²) in [5.41, 5.74) is 1.88. The van der Waals surface area contributed by atoms with E-state index in [4.69, 9.17) is 16.9 Å². The topological polar surface area (TPSA) is 66.5 Å². The molecule has 6 heteroatoms. The van der Waals surface area contributed by atoms with Crippen molar-refractivity contribution in [1.29, 1.82) is 5.26 Å². The van der Waals surface area contributed by atoms with E-state index in [2.05, 4.69) is 29.2 Å². The van der Waals surface area contributed by atoms with Gasteiger partial charge in [0.25, 0.3) is 5.82 Å². The second-order valence-corrected chi connectivity index (χ2v) is 4.87. The number of nitrogens with zero attached hydrogens (tertiary/aromatic N) is 4. The second kappa shape index (κ2) is 5.83. The monoisotopic (exact) mass is 275 g/mol. The van der Waals surface area contributed by atoms with Crippen molar-refractivity contribution in [3.63, 3.8) is 0 Å². The van der Waals surface area contributed by atoms with E-state index >= 15 is 0 Å². The van der Waals surface area contributed by atoms with Crippen molar-refractivity contribution in [3.05, 3.63) is 40.9 Å². The number of hydrogen-bond donors (Lipinski definition) is 1. The molecule has 0 spiro atoms. The third kappa shape index (κ3) is 3.31. The SMILES string of the molecule is CC(C)NCc1ccc(Cl)cc1-n1cnc(C#N)n1. The Hall–Kier alpha value is -1.90. The number of benzene rings is 1. The van der Waals surface area contributed by atoms with Crippen molar-refractivity contribution in [2.75, 3.05) is 0 Å². The van der Waals surface area contributed by atoms with Crippen LogP contribution in [0.5, 0.6) is 0 Å². The fraction of sp³-hybridized carbons (Fsp3) is 0.308. The van der Waals surface area contributed by atoms with Gasteiger partial charge in [0.2, 0.25) is 0 Å². The summed E-state index contributed by atoms with van der Waals surface area (Å²) in [5, 5.41) is 16.8. The molecule has 0 aliphatic carbocycles. The van der Waals surface area contributed by atoms with Gasteiger partial charge in [0, 0.05) is 17.6 Å². The summed E-state index contributed by atoms with van der Waals surface area (Å²) in [7, 11) is 0. The Morgan fingerprint density at radius 2 is 2.26 bits per heavy atom. The number of hydrogen-bond acceptors (Lipinski definition) is 4. The average molecular weight is 276 g/mol. The predicted octanol–water partition coefficient (Wildman–Crippen LogP) is 2.29. The van der Waals surface area contributed by atoms with Gasteiger partial charge in [-0.25, -0.2) is 9.67 Å². The largest absolute Gasteiger partial charge is 0.310 e. The van der Waals surface area contributed by atoms with Crippen LogP contribution >= 0.6 is 11.6 Å². The van der Waals surface area contributed by atoms with Gasteiger partial charge < -0.3 is 5.32 Å². The number of halogens is 1. The van der Waals surface area contributed by atoms with E-state index in [0.717, 1.165) is 11.3 Å². The lowest BCUT2D eigenvalue weighted by molar-refractivity contribution is 0.586. The third-order valence-corrected chi connectivity index (χ3v) is 2.82. The van der Waals surface area contributed by atoms with Gasteiger partial charge in [0.1, 0.15) is 12.4 Å². The highest BCUT2D eigenvalue weighted by Crippen LogP contribution is 2.19. The third-order valence-electron chi connectivity index (χ3n) is 2.59. The van der Waals surface area contributed by atoms with Crippen LogP contribution in [0.3, 0.4) is 0 Å². The maximum absolute atomic E-state index is 8.77. The van der Waals surface area contributed by atoms with E-state index in [-0.39, 0.29) is 5.82 Å². The molecule has 0 radical (unpaired) electrons. The first kappa shape index (κ1) is 13.5. The van der Waals surface area contributed by atoms with Gasteiger partial charge in [-0.2, -0.15) is 5.26 Å². The summed E-state index contributed by atoms with van der Waals surface area (Å²) in [6.07, 6.45) is 1.52. The first-order valence-corrected chi connectivity index (χ1v) is 6.32. The molecule has 0 aliphatic heterocycles. The Kier molecular flexibility index (Phi) is 4.15. The van der Waals surface area contributed by atoms with Crippen LogP contribution in [0.25, 0.3) is 5.69 Å². The Bertz CT molecular complexity index is 612. The van der Waals surface area contributed by atoms with E-state index in [0.29, 0.717) is 17.6 Å². The summed E-state index contributed by atoms with van der Waals surface area (Å²) < 4.78 is 1.57. The van der Waals surface area contributed by atoms with Gasteiger partial charge in [0.05, 0.1) is 5.69 Å². The van der Waals surface area contributed by atoms with Gasteiger partial charge in [-0.15, -0.1) is 5.10 Å². The number of rotatable bonds is 4. The molecule has 1 heterocycles. The smallest absolute Gasteiger partial charge is 0.252 e. The standard InChI is InChI=1S/C13H14ClN5/c1-9(2)16-7-10-3-4-11(14)5-12(10)19-8-17-13(6-15)18-19/h3-5,8-9,16H,7H2,1-2H3. The lowest BCUT2D eigenvalue weighted by Gasteiger charge is -2.12. The molecule has 1 aromatic heterocycles. The van der Waals surface area contributed by atoms with Crippen molar-refractivity contribution < 1.29 is 0 Å². The summed E-state index contributed by atoms with van der Waals surface area (Å²) in [5.74, 6) is 0.141. The van der Waals surface area contributed by atoms with Crippen molar-refractivity contribution >= 4 is 11.6 Å². The molecular formula is C13H14ClN5. The van der Waals surface area contributed by atoms with Crippen molar-refractivity contribution in [2.45, 2.75) is 26.4 Å². The predicted molar refractivity (Wildman–Crippen MR) is 73.1 cm³/mol. The van der Waals surface area contributed by atoms with Gasteiger partial charge >= 0.3 is 0 Å². The Labute approximate surface area is 116 Å². The zero-order chi connectivity index (χ0) is 13.8. The minimum atomic E-state index is 0.141. The Morgan fingerprint density at radius 3 is 2.89 bits per heavy atom. The molecular weight excluding hydrogens is 262 g/mol. The highest BCUT2D eigenvalue weighted by molar-refractivity contribution is 6.30. The zero-order valence-electron chi connectivity index (χ0n) is 10.8. The van der Waals surface area contributed by atoms with Crippen LogP contribution < -0.4 is 5.32 Å². The molecule has 19 heavy (non-hydrogen) atoms. The lowest BCUT2D eigenvalue weighted by Crippen LogP contribution is -2.22. The number of nitriles is 1. The van der Waals surface area contributed by atoms with E-state index < -0.39 is 0 Å². The van der Waals surface area contributed by atoms with Gasteiger partial charge in [0.15, 0.2) is 0 Å². The molecule has 0 unspecified atom stereocenters. The minimum absolute atomic E-state index is 0.141.